The van der Waals surface area contributed by atoms with Crippen molar-refractivity contribution in [1.82, 2.24) is 4.90 Å². The average Bonchev–Trinajstić information content (AvgIpc) is 3.18. The second-order valence-corrected chi connectivity index (χ2v) is 6.88. The third-order valence-corrected chi connectivity index (χ3v) is 5.24. The van der Waals surface area contributed by atoms with Crippen LogP contribution in [0.4, 0.5) is 5.69 Å². The molecule has 23 heavy (non-hydrogen) atoms. The molecule has 0 saturated carbocycles. The lowest BCUT2D eigenvalue weighted by Gasteiger charge is -2.22. The fourth-order valence-corrected chi connectivity index (χ4v) is 4.01. The van der Waals surface area contributed by atoms with Gasteiger partial charge in [0.15, 0.2) is 0 Å². The minimum atomic E-state index is -0.0609. The first-order chi connectivity index (χ1) is 11.2. The summed E-state index contributed by atoms with van der Waals surface area (Å²) >= 11 is 7.73. The van der Waals surface area contributed by atoms with Crippen LogP contribution in [0.15, 0.2) is 35.7 Å². The van der Waals surface area contributed by atoms with Crippen LogP contribution >= 0.6 is 22.9 Å². The van der Waals surface area contributed by atoms with Gasteiger partial charge in [-0.15, -0.1) is 11.3 Å². The van der Waals surface area contributed by atoms with E-state index < -0.39 is 0 Å². The van der Waals surface area contributed by atoms with Gasteiger partial charge in [0, 0.05) is 16.6 Å². The third-order valence-electron chi connectivity index (χ3n) is 3.96. The Bertz CT molecular complexity index is 739. The standard InChI is InChI=1S/C17H16ClN3OS/c18-14-9-13(6-5-12(14)10-19)20-17(22)11-21-7-1-3-15(21)16-4-2-8-23-16/h2,4-6,8-9,15H,1,3,7,11H2,(H,20,22)/t15-/m0/s1. The van der Waals surface area contributed by atoms with Crippen LogP contribution in [0.5, 0.6) is 0 Å². The molecule has 0 unspecified atom stereocenters. The van der Waals surface area contributed by atoms with E-state index in [4.69, 9.17) is 16.9 Å². The first kappa shape index (κ1) is 16.0. The summed E-state index contributed by atoms with van der Waals surface area (Å²) in [6, 6.07) is 11.4. The Morgan fingerprint density at radius 3 is 3.04 bits per heavy atom. The van der Waals surface area contributed by atoms with Crippen molar-refractivity contribution in [2.45, 2.75) is 18.9 Å². The zero-order chi connectivity index (χ0) is 16.2. The summed E-state index contributed by atoms with van der Waals surface area (Å²) in [5, 5.41) is 14.2. The Balaban J connectivity index is 1.63. The van der Waals surface area contributed by atoms with Gasteiger partial charge < -0.3 is 5.32 Å². The quantitative estimate of drug-likeness (QED) is 0.909. The molecule has 1 fully saturated rings. The van der Waals surface area contributed by atoms with Gasteiger partial charge in [0.25, 0.3) is 0 Å². The number of nitrogens with one attached hydrogen (secondary N) is 1. The molecule has 118 valence electrons. The molecule has 1 N–H and O–H groups in total. The number of hydrogen-bond donors (Lipinski definition) is 1. The summed E-state index contributed by atoms with van der Waals surface area (Å²) in [4.78, 5) is 15.8. The highest BCUT2D eigenvalue weighted by Crippen LogP contribution is 2.34. The van der Waals surface area contributed by atoms with E-state index in [1.165, 1.54) is 4.88 Å². The Morgan fingerprint density at radius 1 is 1.48 bits per heavy atom. The molecule has 3 rings (SSSR count). The number of thiophene rings is 1. The van der Waals surface area contributed by atoms with E-state index in [9.17, 15) is 4.79 Å². The summed E-state index contributed by atoms with van der Waals surface area (Å²) in [5.41, 5.74) is 1.02. The van der Waals surface area contributed by atoms with Gasteiger partial charge in [-0.2, -0.15) is 5.26 Å². The Kier molecular flexibility index (Phi) is 4.97. The van der Waals surface area contributed by atoms with Gasteiger partial charge in [0.1, 0.15) is 6.07 Å². The van der Waals surface area contributed by atoms with Gasteiger partial charge >= 0.3 is 0 Å². The number of amides is 1. The molecule has 1 atom stereocenters. The third kappa shape index (κ3) is 3.73. The minimum Gasteiger partial charge on any atom is -0.325 e. The lowest BCUT2D eigenvalue weighted by molar-refractivity contribution is -0.117. The van der Waals surface area contributed by atoms with Crippen molar-refractivity contribution in [1.29, 1.82) is 5.26 Å². The smallest absolute Gasteiger partial charge is 0.238 e. The highest BCUT2D eigenvalue weighted by Gasteiger charge is 2.28. The maximum atomic E-state index is 12.3. The van der Waals surface area contributed by atoms with E-state index in [0.29, 0.717) is 28.9 Å². The van der Waals surface area contributed by atoms with Crippen LogP contribution in [-0.4, -0.2) is 23.9 Å². The molecule has 1 aliphatic rings. The van der Waals surface area contributed by atoms with Crippen molar-refractivity contribution >= 4 is 34.5 Å². The predicted octanol–water partition coefficient (Wildman–Crippen LogP) is 4.05. The molecule has 0 bridgehead atoms. The monoisotopic (exact) mass is 345 g/mol. The number of hydrogen-bond acceptors (Lipinski definition) is 4. The van der Waals surface area contributed by atoms with Gasteiger partial charge in [-0.25, -0.2) is 0 Å². The van der Waals surface area contributed by atoms with Crippen molar-refractivity contribution in [3.8, 4) is 6.07 Å². The lowest BCUT2D eigenvalue weighted by atomic mass is 10.2. The van der Waals surface area contributed by atoms with Crippen LogP contribution in [0.25, 0.3) is 0 Å². The molecule has 1 aliphatic heterocycles. The van der Waals surface area contributed by atoms with Crippen molar-refractivity contribution in [3.63, 3.8) is 0 Å². The molecule has 1 aromatic carbocycles. The fourth-order valence-electron chi connectivity index (χ4n) is 2.89. The molecule has 1 saturated heterocycles. The molecule has 1 amide bonds. The molecule has 6 heteroatoms. The molecule has 0 aliphatic carbocycles. The van der Waals surface area contributed by atoms with Gasteiger partial charge in [0.05, 0.1) is 17.1 Å². The average molecular weight is 346 g/mol. The second kappa shape index (κ2) is 7.14. The first-order valence-corrected chi connectivity index (χ1v) is 8.70. The minimum absolute atomic E-state index is 0.0609. The molecule has 1 aromatic heterocycles. The maximum Gasteiger partial charge on any atom is 0.238 e. The Hall–Kier alpha value is -1.87. The van der Waals surface area contributed by atoms with E-state index in [1.807, 2.05) is 6.07 Å². The maximum absolute atomic E-state index is 12.3. The first-order valence-electron chi connectivity index (χ1n) is 7.44. The van der Waals surface area contributed by atoms with Gasteiger partial charge in [-0.05, 0) is 49.0 Å². The van der Waals surface area contributed by atoms with Crippen LogP contribution in [0.2, 0.25) is 5.02 Å². The second-order valence-electron chi connectivity index (χ2n) is 5.50. The Labute approximate surface area is 144 Å². The number of carbonyl (C=O) groups is 1. The van der Waals surface area contributed by atoms with Gasteiger partial charge in [-0.1, -0.05) is 17.7 Å². The summed E-state index contributed by atoms with van der Waals surface area (Å²) in [6.07, 6.45) is 2.20. The number of anilines is 1. The topological polar surface area (TPSA) is 56.1 Å². The molecular weight excluding hydrogens is 330 g/mol. The largest absolute Gasteiger partial charge is 0.325 e. The number of halogens is 1. The number of nitrogens with zero attached hydrogens (tertiary/aromatic N) is 2. The van der Waals surface area contributed by atoms with Gasteiger partial charge in [0.2, 0.25) is 5.91 Å². The summed E-state index contributed by atoms with van der Waals surface area (Å²) < 4.78 is 0. The number of likely N-dealkylation sites (tertiary alicyclic amines) is 1. The van der Waals surface area contributed by atoms with E-state index >= 15 is 0 Å². The van der Waals surface area contributed by atoms with Crippen molar-refractivity contribution in [2.75, 3.05) is 18.4 Å². The number of carbonyl (C=O) groups excluding carboxylic acids is 1. The highest BCUT2D eigenvalue weighted by atomic mass is 35.5. The zero-order valence-corrected chi connectivity index (χ0v) is 14.0. The van der Waals surface area contributed by atoms with Crippen LogP contribution in [0, 0.1) is 11.3 Å². The molecular formula is C17H16ClN3OS. The molecule has 2 aromatic rings. The van der Waals surface area contributed by atoms with Crippen molar-refractivity contribution in [3.05, 3.63) is 51.2 Å². The number of benzene rings is 1. The molecule has 2 heterocycles. The molecule has 4 nitrogen and oxygen atoms in total. The highest BCUT2D eigenvalue weighted by molar-refractivity contribution is 7.10. The lowest BCUT2D eigenvalue weighted by Crippen LogP contribution is -2.32. The SMILES string of the molecule is N#Cc1ccc(NC(=O)CN2CCC[C@H]2c2cccs2)cc1Cl. The Morgan fingerprint density at radius 2 is 2.35 bits per heavy atom. The van der Waals surface area contributed by atoms with Crippen molar-refractivity contribution in [2.24, 2.45) is 0 Å². The van der Waals surface area contributed by atoms with E-state index in [-0.39, 0.29) is 5.91 Å². The molecule has 0 radical (unpaired) electrons. The number of rotatable bonds is 4. The molecule has 0 spiro atoms. The van der Waals surface area contributed by atoms with Crippen LogP contribution in [0.1, 0.15) is 29.3 Å². The number of nitriles is 1. The fraction of sp³-hybridized carbons (Fsp3) is 0.294. The van der Waals surface area contributed by atoms with E-state index in [2.05, 4.69) is 27.7 Å². The van der Waals surface area contributed by atoms with Crippen LogP contribution < -0.4 is 5.32 Å². The van der Waals surface area contributed by atoms with Crippen LogP contribution in [0.3, 0.4) is 0 Å². The van der Waals surface area contributed by atoms with Crippen molar-refractivity contribution < 1.29 is 4.79 Å². The summed E-state index contributed by atoms with van der Waals surface area (Å²) in [7, 11) is 0. The van der Waals surface area contributed by atoms with Gasteiger partial charge in [-0.3, -0.25) is 9.69 Å². The zero-order valence-electron chi connectivity index (χ0n) is 12.5. The summed E-state index contributed by atoms with van der Waals surface area (Å²) in [6.45, 7) is 1.30. The van der Waals surface area contributed by atoms with Crippen LogP contribution in [-0.2, 0) is 4.79 Å². The predicted molar refractivity (Wildman–Crippen MR) is 92.7 cm³/mol. The van der Waals surface area contributed by atoms with E-state index in [1.54, 1.807) is 29.5 Å². The van der Waals surface area contributed by atoms with E-state index in [0.717, 1.165) is 19.4 Å². The summed E-state index contributed by atoms with van der Waals surface area (Å²) in [5.74, 6) is -0.0609. The normalized spacial score (nSPS) is 17.8.